The molecule has 1 heterocycles. The van der Waals surface area contributed by atoms with E-state index in [1.165, 1.54) is 5.56 Å². The molecule has 1 N–H and O–H groups in total. The SMILES string of the molecule is CC(C)C[C@@H](NC(=O)c1ccccc1)C(=O)N1CCc2ccccc21. The second-order valence-electron chi connectivity index (χ2n) is 6.89. The summed E-state index contributed by atoms with van der Waals surface area (Å²) in [5.41, 5.74) is 2.73. The van der Waals surface area contributed by atoms with Crippen molar-refractivity contribution in [1.82, 2.24) is 5.32 Å². The van der Waals surface area contributed by atoms with Crippen molar-refractivity contribution in [3.8, 4) is 0 Å². The molecule has 2 aromatic rings. The summed E-state index contributed by atoms with van der Waals surface area (Å²) in [6.45, 7) is 4.80. The standard InChI is InChI=1S/C21H24N2O2/c1-15(2)14-18(22-20(24)17-9-4-3-5-10-17)21(25)23-13-12-16-8-6-7-11-19(16)23/h3-11,15,18H,12-14H2,1-2H3,(H,22,24)/t18-/m1/s1. The van der Waals surface area contributed by atoms with Crippen LogP contribution in [0.15, 0.2) is 54.6 Å². The van der Waals surface area contributed by atoms with Gasteiger partial charge in [-0.3, -0.25) is 9.59 Å². The van der Waals surface area contributed by atoms with Crippen molar-refractivity contribution in [2.45, 2.75) is 32.7 Å². The first-order chi connectivity index (χ1) is 12.1. The lowest BCUT2D eigenvalue weighted by atomic mass is 10.0. The molecule has 2 amide bonds. The lowest BCUT2D eigenvalue weighted by Gasteiger charge is -2.26. The van der Waals surface area contributed by atoms with Gasteiger partial charge in [-0.25, -0.2) is 0 Å². The fraction of sp³-hybridized carbons (Fsp3) is 0.333. The predicted molar refractivity (Wildman–Crippen MR) is 99.7 cm³/mol. The molecule has 1 aliphatic heterocycles. The number of para-hydroxylation sites is 1. The number of carbonyl (C=O) groups is 2. The first kappa shape index (κ1) is 17.2. The maximum Gasteiger partial charge on any atom is 0.251 e. The van der Waals surface area contributed by atoms with Crippen LogP contribution in [0.5, 0.6) is 0 Å². The normalized spacial score (nSPS) is 14.3. The Bertz CT molecular complexity index is 756. The van der Waals surface area contributed by atoms with Gasteiger partial charge in [-0.1, -0.05) is 50.2 Å². The number of amides is 2. The first-order valence-corrected chi connectivity index (χ1v) is 8.81. The van der Waals surface area contributed by atoms with Crippen LogP contribution in [0.2, 0.25) is 0 Å². The topological polar surface area (TPSA) is 49.4 Å². The molecule has 0 fully saturated rings. The number of hydrogen-bond donors (Lipinski definition) is 1. The fourth-order valence-electron chi connectivity index (χ4n) is 3.28. The van der Waals surface area contributed by atoms with Crippen molar-refractivity contribution >= 4 is 17.5 Å². The Hall–Kier alpha value is -2.62. The minimum atomic E-state index is -0.515. The largest absolute Gasteiger partial charge is 0.340 e. The first-order valence-electron chi connectivity index (χ1n) is 8.81. The molecule has 4 nitrogen and oxygen atoms in total. The van der Waals surface area contributed by atoms with E-state index in [0.717, 1.165) is 12.1 Å². The number of nitrogens with zero attached hydrogens (tertiary/aromatic N) is 1. The molecule has 25 heavy (non-hydrogen) atoms. The van der Waals surface area contributed by atoms with E-state index in [1.54, 1.807) is 12.1 Å². The maximum atomic E-state index is 13.1. The molecule has 0 aromatic heterocycles. The van der Waals surface area contributed by atoms with Crippen LogP contribution in [0.3, 0.4) is 0 Å². The Morgan fingerprint density at radius 2 is 1.72 bits per heavy atom. The van der Waals surface area contributed by atoms with Crippen LogP contribution in [0, 0.1) is 5.92 Å². The fourth-order valence-corrected chi connectivity index (χ4v) is 3.28. The quantitative estimate of drug-likeness (QED) is 0.909. The Kier molecular flexibility index (Phi) is 5.17. The van der Waals surface area contributed by atoms with Gasteiger partial charge < -0.3 is 10.2 Å². The van der Waals surface area contributed by atoms with Gasteiger partial charge in [0, 0.05) is 17.8 Å². The van der Waals surface area contributed by atoms with Crippen molar-refractivity contribution < 1.29 is 9.59 Å². The number of anilines is 1. The Balaban J connectivity index is 1.79. The second kappa shape index (κ2) is 7.51. The highest BCUT2D eigenvalue weighted by Gasteiger charge is 2.31. The van der Waals surface area contributed by atoms with Crippen LogP contribution >= 0.6 is 0 Å². The minimum absolute atomic E-state index is 0.0251. The molecule has 2 aromatic carbocycles. The molecule has 4 heteroatoms. The lowest BCUT2D eigenvalue weighted by Crippen LogP contribution is -2.49. The highest BCUT2D eigenvalue weighted by molar-refractivity contribution is 6.03. The molecule has 0 spiro atoms. The molecular formula is C21H24N2O2. The molecule has 0 radical (unpaired) electrons. The van der Waals surface area contributed by atoms with Crippen LogP contribution in [-0.2, 0) is 11.2 Å². The molecule has 3 rings (SSSR count). The van der Waals surface area contributed by atoms with Crippen LogP contribution in [0.25, 0.3) is 0 Å². The van der Waals surface area contributed by atoms with Gasteiger partial charge in [0.2, 0.25) is 5.91 Å². The zero-order chi connectivity index (χ0) is 17.8. The number of benzene rings is 2. The Morgan fingerprint density at radius 1 is 1.04 bits per heavy atom. The maximum absolute atomic E-state index is 13.1. The van der Waals surface area contributed by atoms with E-state index >= 15 is 0 Å². The summed E-state index contributed by atoms with van der Waals surface area (Å²) in [6.07, 6.45) is 1.49. The lowest BCUT2D eigenvalue weighted by molar-refractivity contribution is -0.120. The number of nitrogens with one attached hydrogen (secondary N) is 1. The summed E-state index contributed by atoms with van der Waals surface area (Å²) in [5, 5.41) is 2.94. The van der Waals surface area contributed by atoms with E-state index < -0.39 is 6.04 Å². The van der Waals surface area contributed by atoms with Gasteiger partial charge in [0.05, 0.1) is 0 Å². The van der Waals surface area contributed by atoms with Crippen molar-refractivity contribution in [1.29, 1.82) is 0 Å². The zero-order valence-electron chi connectivity index (χ0n) is 14.7. The zero-order valence-corrected chi connectivity index (χ0v) is 14.7. The predicted octanol–water partition coefficient (Wildman–Crippen LogP) is 3.42. The summed E-state index contributed by atoms with van der Waals surface area (Å²) in [4.78, 5) is 27.5. The van der Waals surface area contributed by atoms with Crippen LogP contribution < -0.4 is 10.2 Å². The molecule has 1 atom stereocenters. The van der Waals surface area contributed by atoms with Crippen molar-refractivity contribution in [2.24, 2.45) is 5.92 Å². The third-order valence-electron chi connectivity index (χ3n) is 4.50. The van der Waals surface area contributed by atoms with Gasteiger partial charge >= 0.3 is 0 Å². The molecule has 0 bridgehead atoms. The summed E-state index contributed by atoms with van der Waals surface area (Å²) < 4.78 is 0. The molecule has 130 valence electrons. The summed E-state index contributed by atoms with van der Waals surface area (Å²) >= 11 is 0. The van der Waals surface area contributed by atoms with Gasteiger partial charge in [0.1, 0.15) is 6.04 Å². The molecule has 0 saturated carbocycles. The summed E-state index contributed by atoms with van der Waals surface area (Å²) in [7, 11) is 0. The van der Waals surface area contributed by atoms with E-state index in [0.29, 0.717) is 24.4 Å². The highest BCUT2D eigenvalue weighted by atomic mass is 16.2. The van der Waals surface area contributed by atoms with Crippen LogP contribution in [0.4, 0.5) is 5.69 Å². The van der Waals surface area contributed by atoms with Crippen LogP contribution in [-0.4, -0.2) is 24.4 Å². The van der Waals surface area contributed by atoms with E-state index in [1.807, 2.05) is 41.3 Å². The Labute approximate surface area is 148 Å². The number of rotatable bonds is 5. The smallest absolute Gasteiger partial charge is 0.251 e. The average molecular weight is 336 g/mol. The number of carbonyl (C=O) groups excluding carboxylic acids is 2. The third-order valence-corrected chi connectivity index (χ3v) is 4.50. The van der Waals surface area contributed by atoms with Gasteiger partial charge in [-0.15, -0.1) is 0 Å². The molecule has 0 unspecified atom stereocenters. The van der Waals surface area contributed by atoms with Crippen LogP contribution in [0.1, 0.15) is 36.2 Å². The Morgan fingerprint density at radius 3 is 2.44 bits per heavy atom. The molecule has 0 saturated heterocycles. The average Bonchev–Trinajstić information content (AvgIpc) is 3.05. The second-order valence-corrected chi connectivity index (χ2v) is 6.89. The van der Waals surface area contributed by atoms with Gasteiger partial charge in [0.25, 0.3) is 5.91 Å². The van der Waals surface area contributed by atoms with Crippen molar-refractivity contribution in [2.75, 3.05) is 11.4 Å². The van der Waals surface area contributed by atoms with Gasteiger partial charge in [0.15, 0.2) is 0 Å². The summed E-state index contributed by atoms with van der Waals surface area (Å²) in [6, 6.07) is 16.5. The number of hydrogen-bond acceptors (Lipinski definition) is 2. The van der Waals surface area contributed by atoms with Crippen molar-refractivity contribution in [3.05, 3.63) is 65.7 Å². The van der Waals surface area contributed by atoms with Crippen molar-refractivity contribution in [3.63, 3.8) is 0 Å². The highest BCUT2D eigenvalue weighted by Crippen LogP contribution is 2.28. The van der Waals surface area contributed by atoms with Gasteiger partial charge in [-0.05, 0) is 42.5 Å². The van der Waals surface area contributed by atoms with E-state index in [9.17, 15) is 9.59 Å². The van der Waals surface area contributed by atoms with E-state index in [2.05, 4.69) is 25.2 Å². The summed E-state index contributed by atoms with van der Waals surface area (Å²) in [5.74, 6) is 0.0814. The molecule has 0 aliphatic carbocycles. The molecular weight excluding hydrogens is 312 g/mol. The minimum Gasteiger partial charge on any atom is -0.340 e. The van der Waals surface area contributed by atoms with E-state index in [-0.39, 0.29) is 11.8 Å². The van der Waals surface area contributed by atoms with E-state index in [4.69, 9.17) is 0 Å². The third kappa shape index (κ3) is 3.90. The van der Waals surface area contributed by atoms with Gasteiger partial charge in [-0.2, -0.15) is 0 Å². The number of fused-ring (bicyclic) bond motifs is 1. The molecule has 1 aliphatic rings. The monoisotopic (exact) mass is 336 g/mol.